The summed E-state index contributed by atoms with van der Waals surface area (Å²) in [5, 5.41) is 0.790. The first-order valence-corrected chi connectivity index (χ1v) is 7.98. The zero-order valence-corrected chi connectivity index (χ0v) is 11.5. The Kier molecular flexibility index (Phi) is 5.68. The van der Waals surface area contributed by atoms with Crippen LogP contribution in [0.4, 0.5) is 0 Å². The van der Waals surface area contributed by atoms with E-state index in [4.69, 9.17) is 11.6 Å². The van der Waals surface area contributed by atoms with Crippen molar-refractivity contribution in [3.63, 3.8) is 0 Å². The van der Waals surface area contributed by atoms with E-state index in [1.54, 1.807) is 6.20 Å². The van der Waals surface area contributed by atoms with Crippen molar-refractivity contribution in [2.24, 2.45) is 0 Å². The molecule has 0 saturated heterocycles. The Morgan fingerprint density at radius 3 is 2.81 bits per heavy atom. The predicted molar refractivity (Wildman–Crippen MR) is 67.4 cm³/mol. The molecule has 0 radical (unpaired) electrons. The summed E-state index contributed by atoms with van der Waals surface area (Å²) in [7, 11) is -3.18. The van der Waals surface area contributed by atoms with Crippen molar-refractivity contribution in [1.82, 2.24) is 9.71 Å². The summed E-state index contributed by atoms with van der Waals surface area (Å²) in [5.74, 6) is 0.630. The first-order valence-electron chi connectivity index (χ1n) is 4.98. The lowest BCUT2D eigenvalue weighted by Crippen LogP contribution is -2.25. The van der Waals surface area contributed by atoms with Crippen LogP contribution in [0.5, 0.6) is 0 Å². The Morgan fingerprint density at radius 2 is 2.25 bits per heavy atom. The summed E-state index contributed by atoms with van der Waals surface area (Å²) in [6, 6.07) is 0. The summed E-state index contributed by atoms with van der Waals surface area (Å²) in [6.07, 6.45) is 3.05. The lowest BCUT2D eigenvalue weighted by molar-refractivity contribution is 0.578. The third-order valence-electron chi connectivity index (χ3n) is 1.91. The number of nitrogens with one attached hydrogen (secondary N) is 1. The van der Waals surface area contributed by atoms with Gasteiger partial charge in [0.2, 0.25) is 10.0 Å². The number of thiazole rings is 1. The van der Waals surface area contributed by atoms with Crippen LogP contribution in [0.2, 0.25) is 0 Å². The van der Waals surface area contributed by atoms with E-state index in [0.29, 0.717) is 12.3 Å². The van der Waals surface area contributed by atoms with Crippen LogP contribution in [0, 0.1) is 6.92 Å². The minimum Gasteiger partial charge on any atom is -0.248 e. The Morgan fingerprint density at radius 1 is 1.50 bits per heavy atom. The molecular formula is C9H15ClN2O2S2. The summed E-state index contributed by atoms with van der Waals surface area (Å²) >= 11 is 6.98. The fourth-order valence-corrected chi connectivity index (χ4v) is 3.21. The number of alkyl halides is 1. The highest BCUT2D eigenvalue weighted by atomic mass is 35.5. The molecule has 0 aromatic carbocycles. The standard InChI is InChI=1S/C9H15ClN2O2S2/c1-8-6-11-9(15-8)7-12-16(13,14)5-3-2-4-10/h6,12H,2-5,7H2,1H3. The molecule has 1 heterocycles. The van der Waals surface area contributed by atoms with Crippen molar-refractivity contribution in [1.29, 1.82) is 0 Å². The quantitative estimate of drug-likeness (QED) is 0.614. The van der Waals surface area contributed by atoms with E-state index in [1.807, 2.05) is 6.92 Å². The van der Waals surface area contributed by atoms with Gasteiger partial charge in [0.15, 0.2) is 0 Å². The molecule has 0 atom stereocenters. The largest absolute Gasteiger partial charge is 0.248 e. The number of hydrogen-bond acceptors (Lipinski definition) is 4. The number of unbranched alkanes of at least 4 members (excludes halogenated alkanes) is 1. The van der Waals surface area contributed by atoms with E-state index in [2.05, 4.69) is 9.71 Å². The first-order chi connectivity index (χ1) is 7.53. The van der Waals surface area contributed by atoms with E-state index in [9.17, 15) is 8.42 Å². The van der Waals surface area contributed by atoms with E-state index >= 15 is 0 Å². The maximum atomic E-state index is 11.5. The van der Waals surface area contributed by atoms with E-state index in [0.717, 1.165) is 16.3 Å². The van der Waals surface area contributed by atoms with Crippen LogP contribution in [-0.4, -0.2) is 25.0 Å². The van der Waals surface area contributed by atoms with E-state index in [1.165, 1.54) is 11.3 Å². The summed E-state index contributed by atoms with van der Waals surface area (Å²) in [6.45, 7) is 2.22. The minimum absolute atomic E-state index is 0.129. The smallest absolute Gasteiger partial charge is 0.211 e. The molecule has 0 spiro atoms. The fourth-order valence-electron chi connectivity index (χ4n) is 1.11. The van der Waals surface area contributed by atoms with Gasteiger partial charge in [-0.1, -0.05) is 0 Å². The summed E-state index contributed by atoms with van der Waals surface area (Å²) < 4.78 is 25.5. The average molecular weight is 283 g/mol. The van der Waals surface area contributed by atoms with Gasteiger partial charge in [-0.15, -0.1) is 22.9 Å². The summed E-state index contributed by atoms with van der Waals surface area (Å²) in [4.78, 5) is 5.17. The molecule has 0 aliphatic heterocycles. The van der Waals surface area contributed by atoms with Crippen LogP contribution in [-0.2, 0) is 16.6 Å². The number of nitrogens with zero attached hydrogens (tertiary/aromatic N) is 1. The SMILES string of the molecule is Cc1cnc(CNS(=O)(=O)CCCCCl)s1. The van der Waals surface area contributed by atoms with E-state index < -0.39 is 10.0 Å². The zero-order chi connectivity index (χ0) is 12.0. The number of hydrogen-bond donors (Lipinski definition) is 1. The molecule has 0 unspecified atom stereocenters. The lowest BCUT2D eigenvalue weighted by Gasteiger charge is -2.03. The van der Waals surface area contributed by atoms with Crippen molar-refractivity contribution in [3.05, 3.63) is 16.1 Å². The van der Waals surface area contributed by atoms with Gasteiger partial charge < -0.3 is 0 Å². The Labute approximate surface area is 105 Å². The molecule has 0 fully saturated rings. The molecule has 1 aromatic rings. The van der Waals surface area contributed by atoms with Gasteiger partial charge in [-0.05, 0) is 19.8 Å². The molecule has 0 aliphatic carbocycles. The molecule has 0 bridgehead atoms. The number of sulfonamides is 1. The highest BCUT2D eigenvalue weighted by Gasteiger charge is 2.10. The van der Waals surface area contributed by atoms with Crippen molar-refractivity contribution >= 4 is 33.0 Å². The monoisotopic (exact) mass is 282 g/mol. The molecule has 4 nitrogen and oxygen atoms in total. The third-order valence-corrected chi connectivity index (χ3v) is 4.50. The second-order valence-electron chi connectivity index (χ2n) is 3.40. The molecule has 1 rings (SSSR count). The third kappa shape index (κ3) is 5.25. The van der Waals surface area contributed by atoms with Gasteiger partial charge in [0.05, 0.1) is 12.3 Å². The molecule has 1 aromatic heterocycles. The molecule has 92 valence electrons. The predicted octanol–water partition coefficient (Wildman–Crippen LogP) is 1.89. The molecule has 1 N–H and O–H groups in total. The number of aryl methyl sites for hydroxylation is 1. The fraction of sp³-hybridized carbons (Fsp3) is 0.667. The van der Waals surface area contributed by atoms with Gasteiger partial charge in [-0.3, -0.25) is 0 Å². The Hall–Kier alpha value is -0.170. The van der Waals surface area contributed by atoms with Gasteiger partial charge in [-0.2, -0.15) is 0 Å². The first kappa shape index (κ1) is 13.9. The van der Waals surface area contributed by atoms with Gasteiger partial charge in [0.25, 0.3) is 0 Å². The Balaban J connectivity index is 2.36. The minimum atomic E-state index is -3.18. The van der Waals surface area contributed by atoms with Crippen molar-refractivity contribution in [2.75, 3.05) is 11.6 Å². The maximum absolute atomic E-state index is 11.5. The van der Waals surface area contributed by atoms with Crippen LogP contribution < -0.4 is 4.72 Å². The second kappa shape index (κ2) is 6.54. The lowest BCUT2D eigenvalue weighted by atomic mass is 10.4. The maximum Gasteiger partial charge on any atom is 0.211 e. The molecule has 16 heavy (non-hydrogen) atoms. The summed E-state index contributed by atoms with van der Waals surface area (Å²) in [5.41, 5.74) is 0. The molecule has 7 heteroatoms. The Bertz CT molecular complexity index is 417. The normalized spacial score (nSPS) is 11.9. The molecular weight excluding hydrogens is 268 g/mol. The van der Waals surface area contributed by atoms with E-state index in [-0.39, 0.29) is 12.3 Å². The van der Waals surface area contributed by atoms with Gasteiger partial charge in [0.1, 0.15) is 5.01 Å². The zero-order valence-electron chi connectivity index (χ0n) is 9.07. The highest BCUT2D eigenvalue weighted by molar-refractivity contribution is 7.89. The van der Waals surface area contributed by atoms with Crippen LogP contribution in [0.25, 0.3) is 0 Å². The molecule has 0 aliphatic rings. The van der Waals surface area contributed by atoms with Gasteiger partial charge >= 0.3 is 0 Å². The van der Waals surface area contributed by atoms with Crippen LogP contribution in [0.3, 0.4) is 0 Å². The number of aromatic nitrogens is 1. The van der Waals surface area contributed by atoms with Crippen LogP contribution in [0.15, 0.2) is 6.20 Å². The van der Waals surface area contributed by atoms with Gasteiger partial charge in [-0.25, -0.2) is 18.1 Å². The van der Waals surface area contributed by atoms with Crippen molar-refractivity contribution in [2.45, 2.75) is 26.3 Å². The van der Waals surface area contributed by atoms with Crippen LogP contribution >= 0.6 is 22.9 Å². The topological polar surface area (TPSA) is 59.1 Å². The number of halogens is 1. The second-order valence-corrected chi connectivity index (χ2v) is 7.02. The number of rotatable bonds is 7. The van der Waals surface area contributed by atoms with Gasteiger partial charge in [0, 0.05) is 17.0 Å². The van der Waals surface area contributed by atoms with Crippen molar-refractivity contribution in [3.8, 4) is 0 Å². The van der Waals surface area contributed by atoms with Crippen molar-refractivity contribution < 1.29 is 8.42 Å². The van der Waals surface area contributed by atoms with Crippen LogP contribution in [0.1, 0.15) is 22.7 Å². The molecule has 0 amide bonds. The highest BCUT2D eigenvalue weighted by Crippen LogP contribution is 2.10. The average Bonchev–Trinajstić information content (AvgIpc) is 2.62. The molecule has 0 saturated carbocycles.